The molecule has 118 valence electrons. The molecular formula is C17H33NO2. The molecule has 2 fully saturated rings. The molecule has 3 nitrogen and oxygen atoms in total. The minimum absolute atomic E-state index is 0.437. The van der Waals surface area contributed by atoms with Crippen LogP contribution in [0.1, 0.15) is 59.3 Å². The summed E-state index contributed by atoms with van der Waals surface area (Å²) < 4.78 is 11.8. The van der Waals surface area contributed by atoms with E-state index in [1.54, 1.807) is 0 Å². The molecule has 2 aliphatic rings. The molecule has 0 radical (unpaired) electrons. The predicted octanol–water partition coefficient (Wildman–Crippen LogP) is 3.38. The molecule has 2 aliphatic carbocycles. The van der Waals surface area contributed by atoms with Crippen molar-refractivity contribution in [1.29, 1.82) is 0 Å². The van der Waals surface area contributed by atoms with Crippen molar-refractivity contribution < 1.29 is 9.47 Å². The van der Waals surface area contributed by atoms with Gasteiger partial charge in [-0.1, -0.05) is 40.0 Å². The molecule has 0 heterocycles. The zero-order chi connectivity index (χ0) is 14.4. The molecule has 2 saturated carbocycles. The van der Waals surface area contributed by atoms with E-state index in [4.69, 9.17) is 9.47 Å². The van der Waals surface area contributed by atoms with E-state index in [0.29, 0.717) is 23.5 Å². The first kappa shape index (κ1) is 16.3. The van der Waals surface area contributed by atoms with Gasteiger partial charge in [0.2, 0.25) is 0 Å². The van der Waals surface area contributed by atoms with Gasteiger partial charge < -0.3 is 14.8 Å². The summed E-state index contributed by atoms with van der Waals surface area (Å²) in [5, 5.41) is 3.68. The summed E-state index contributed by atoms with van der Waals surface area (Å²) in [5.74, 6) is 0.613. The second-order valence-electron chi connectivity index (χ2n) is 6.97. The lowest BCUT2D eigenvalue weighted by molar-refractivity contribution is -0.159. The smallest absolute Gasteiger partial charge is 0.0704 e. The number of hydrogen-bond acceptors (Lipinski definition) is 3. The lowest BCUT2D eigenvalue weighted by atomic mass is 9.55. The maximum Gasteiger partial charge on any atom is 0.0704 e. The summed E-state index contributed by atoms with van der Waals surface area (Å²) >= 11 is 0. The summed E-state index contributed by atoms with van der Waals surface area (Å²) in [4.78, 5) is 0. The second-order valence-corrected chi connectivity index (χ2v) is 6.97. The highest BCUT2D eigenvalue weighted by molar-refractivity contribution is 5.08. The molecule has 1 spiro atoms. The third-order valence-corrected chi connectivity index (χ3v) is 5.02. The first-order valence-corrected chi connectivity index (χ1v) is 8.61. The number of ether oxygens (including phenoxy) is 2. The maximum atomic E-state index is 6.16. The topological polar surface area (TPSA) is 30.5 Å². The van der Waals surface area contributed by atoms with Gasteiger partial charge in [-0.15, -0.1) is 0 Å². The normalized spacial score (nSPS) is 28.8. The van der Waals surface area contributed by atoms with Crippen molar-refractivity contribution >= 4 is 0 Å². The molecule has 0 aromatic carbocycles. The van der Waals surface area contributed by atoms with Crippen LogP contribution in [0.4, 0.5) is 0 Å². The van der Waals surface area contributed by atoms with Gasteiger partial charge in [0.15, 0.2) is 0 Å². The quantitative estimate of drug-likeness (QED) is 0.693. The molecule has 1 N–H and O–H groups in total. The van der Waals surface area contributed by atoms with E-state index in [-0.39, 0.29) is 0 Å². The third-order valence-electron chi connectivity index (χ3n) is 5.02. The third kappa shape index (κ3) is 3.75. The summed E-state index contributed by atoms with van der Waals surface area (Å²) in [7, 11) is 0. The molecule has 20 heavy (non-hydrogen) atoms. The van der Waals surface area contributed by atoms with Gasteiger partial charge in [0.25, 0.3) is 0 Å². The molecule has 0 amide bonds. The molecule has 2 atom stereocenters. The molecule has 3 heteroatoms. The minimum atomic E-state index is 0.437. The largest absolute Gasteiger partial charge is 0.379 e. The van der Waals surface area contributed by atoms with Crippen LogP contribution >= 0.6 is 0 Å². The van der Waals surface area contributed by atoms with Crippen molar-refractivity contribution in [3.63, 3.8) is 0 Å². The fraction of sp³-hybridized carbons (Fsp3) is 1.00. The lowest BCUT2D eigenvalue weighted by Crippen LogP contribution is -2.64. The molecule has 0 saturated heterocycles. The lowest BCUT2D eigenvalue weighted by Gasteiger charge is -2.58. The van der Waals surface area contributed by atoms with E-state index < -0.39 is 0 Å². The Hall–Kier alpha value is -0.120. The Morgan fingerprint density at radius 3 is 2.55 bits per heavy atom. The van der Waals surface area contributed by atoms with Gasteiger partial charge in [0.05, 0.1) is 19.3 Å². The van der Waals surface area contributed by atoms with E-state index in [1.165, 1.54) is 38.5 Å². The summed E-state index contributed by atoms with van der Waals surface area (Å²) in [6.45, 7) is 10.0. The van der Waals surface area contributed by atoms with Crippen molar-refractivity contribution in [2.45, 2.75) is 71.4 Å². The van der Waals surface area contributed by atoms with Gasteiger partial charge in [0, 0.05) is 18.1 Å². The second kappa shape index (κ2) is 7.77. The van der Waals surface area contributed by atoms with Crippen LogP contribution in [-0.4, -0.2) is 38.5 Å². The van der Waals surface area contributed by atoms with Crippen molar-refractivity contribution in [3.05, 3.63) is 0 Å². The van der Waals surface area contributed by atoms with Crippen LogP contribution in [0.5, 0.6) is 0 Å². The number of rotatable bonds is 8. The van der Waals surface area contributed by atoms with Crippen LogP contribution in [0.3, 0.4) is 0 Å². The highest BCUT2D eigenvalue weighted by Crippen LogP contribution is 2.53. The van der Waals surface area contributed by atoms with Crippen molar-refractivity contribution in [2.24, 2.45) is 11.3 Å². The van der Waals surface area contributed by atoms with Crippen LogP contribution < -0.4 is 5.32 Å². The molecular weight excluding hydrogens is 250 g/mol. The van der Waals surface area contributed by atoms with Gasteiger partial charge in [0.1, 0.15) is 0 Å². The first-order valence-electron chi connectivity index (χ1n) is 8.61. The van der Waals surface area contributed by atoms with Crippen LogP contribution in [0.25, 0.3) is 0 Å². The summed E-state index contributed by atoms with van der Waals surface area (Å²) in [6.07, 6.45) is 8.53. The monoisotopic (exact) mass is 283 g/mol. The molecule has 0 aromatic rings. The van der Waals surface area contributed by atoms with E-state index in [1.807, 2.05) is 0 Å². The highest BCUT2D eigenvalue weighted by Gasteiger charge is 2.55. The van der Waals surface area contributed by atoms with Gasteiger partial charge in [-0.05, 0) is 31.7 Å². The van der Waals surface area contributed by atoms with Gasteiger partial charge in [-0.2, -0.15) is 0 Å². The highest BCUT2D eigenvalue weighted by atomic mass is 16.5. The predicted molar refractivity (Wildman–Crippen MR) is 83.0 cm³/mol. The Balaban J connectivity index is 1.73. The molecule has 0 aromatic heterocycles. The Kier molecular flexibility index (Phi) is 6.31. The fourth-order valence-corrected chi connectivity index (χ4v) is 3.96. The molecule has 0 bridgehead atoms. The SMILES string of the molecule is CCNC1CC(OCCOCC(C)C)C12CCCCC2. The Labute approximate surface area is 124 Å². The van der Waals surface area contributed by atoms with Gasteiger partial charge >= 0.3 is 0 Å². The van der Waals surface area contributed by atoms with Crippen LogP contribution in [0.15, 0.2) is 0 Å². The van der Waals surface area contributed by atoms with E-state index >= 15 is 0 Å². The standard InChI is InChI=1S/C17H33NO2/c1-4-18-15-12-16(17(15)8-6-5-7-9-17)20-11-10-19-13-14(2)3/h14-16,18H,4-13H2,1-3H3. The minimum Gasteiger partial charge on any atom is -0.379 e. The Morgan fingerprint density at radius 2 is 1.90 bits per heavy atom. The molecule has 2 rings (SSSR count). The zero-order valence-electron chi connectivity index (χ0n) is 13.6. The zero-order valence-corrected chi connectivity index (χ0v) is 13.6. The van der Waals surface area contributed by atoms with Crippen LogP contribution in [-0.2, 0) is 9.47 Å². The van der Waals surface area contributed by atoms with Crippen LogP contribution in [0, 0.1) is 11.3 Å². The Bertz CT molecular complexity index is 274. The first-order chi connectivity index (χ1) is 9.69. The van der Waals surface area contributed by atoms with Crippen molar-refractivity contribution in [1.82, 2.24) is 5.32 Å². The van der Waals surface area contributed by atoms with Crippen molar-refractivity contribution in [3.8, 4) is 0 Å². The molecule has 2 unspecified atom stereocenters. The van der Waals surface area contributed by atoms with Gasteiger partial charge in [-0.3, -0.25) is 0 Å². The number of hydrogen-bond donors (Lipinski definition) is 1. The average Bonchev–Trinajstić information content (AvgIpc) is 2.45. The van der Waals surface area contributed by atoms with Crippen LogP contribution in [0.2, 0.25) is 0 Å². The number of nitrogens with one attached hydrogen (secondary N) is 1. The molecule has 0 aliphatic heterocycles. The van der Waals surface area contributed by atoms with Crippen molar-refractivity contribution in [2.75, 3.05) is 26.4 Å². The van der Waals surface area contributed by atoms with E-state index in [0.717, 1.165) is 26.4 Å². The average molecular weight is 283 g/mol. The van der Waals surface area contributed by atoms with E-state index in [2.05, 4.69) is 26.1 Å². The summed E-state index contributed by atoms with van der Waals surface area (Å²) in [5.41, 5.74) is 0.437. The fourth-order valence-electron chi connectivity index (χ4n) is 3.96. The Morgan fingerprint density at radius 1 is 1.15 bits per heavy atom. The van der Waals surface area contributed by atoms with E-state index in [9.17, 15) is 0 Å². The maximum absolute atomic E-state index is 6.16. The summed E-state index contributed by atoms with van der Waals surface area (Å²) in [6, 6.07) is 0.689. The van der Waals surface area contributed by atoms with Gasteiger partial charge in [-0.25, -0.2) is 0 Å².